The molecule has 22 heavy (non-hydrogen) atoms. The summed E-state index contributed by atoms with van der Waals surface area (Å²) in [4.78, 5) is 15.3. The molecule has 0 aliphatic heterocycles. The first kappa shape index (κ1) is 16.7. The van der Waals surface area contributed by atoms with E-state index < -0.39 is 0 Å². The number of hydrogen-bond acceptors (Lipinski definition) is 3. The van der Waals surface area contributed by atoms with Gasteiger partial charge in [-0.15, -0.1) is 0 Å². The predicted molar refractivity (Wildman–Crippen MR) is 90.8 cm³/mol. The van der Waals surface area contributed by atoms with E-state index in [1.807, 2.05) is 48.5 Å². The molecule has 2 aromatic carbocycles. The Morgan fingerprint density at radius 3 is 2.55 bits per heavy atom. The maximum atomic E-state index is 11.8. The fourth-order valence-corrected chi connectivity index (χ4v) is 2.82. The van der Waals surface area contributed by atoms with Gasteiger partial charge in [0.1, 0.15) is 0 Å². The van der Waals surface area contributed by atoms with Crippen LogP contribution in [0.4, 0.5) is 10.5 Å². The summed E-state index contributed by atoms with van der Waals surface area (Å²) in [5.74, 6) is 0. The lowest BCUT2D eigenvalue weighted by molar-refractivity contribution is 0.202. The van der Waals surface area contributed by atoms with Crippen LogP contribution < -0.4 is 5.32 Å². The summed E-state index contributed by atoms with van der Waals surface area (Å²) in [5, 5.41) is 12.3. The molecule has 0 fully saturated rings. The highest BCUT2D eigenvalue weighted by atomic mass is 35.5. The molecule has 0 saturated carbocycles. The molecule has 0 aromatic heterocycles. The van der Waals surface area contributed by atoms with Gasteiger partial charge in [-0.2, -0.15) is 0 Å². The van der Waals surface area contributed by atoms with Crippen LogP contribution in [0.1, 0.15) is 0 Å². The van der Waals surface area contributed by atoms with Gasteiger partial charge in [-0.3, -0.25) is 0 Å². The number of aliphatic hydroxyl groups is 1. The molecular formula is C16H17ClN2O2S. The molecule has 116 valence electrons. The zero-order valence-electron chi connectivity index (χ0n) is 12.1. The largest absolute Gasteiger partial charge is 0.395 e. The predicted octanol–water partition coefficient (Wildman–Crippen LogP) is 3.95. The van der Waals surface area contributed by atoms with Crippen molar-refractivity contribution in [1.82, 2.24) is 4.90 Å². The first-order chi connectivity index (χ1) is 10.6. The highest BCUT2D eigenvalue weighted by Crippen LogP contribution is 2.33. The number of nitrogens with one attached hydrogen (secondary N) is 1. The molecule has 0 radical (unpaired) electrons. The first-order valence-corrected chi connectivity index (χ1v) is 7.95. The van der Waals surface area contributed by atoms with Gasteiger partial charge in [0.05, 0.1) is 11.6 Å². The topological polar surface area (TPSA) is 52.6 Å². The van der Waals surface area contributed by atoms with Crippen molar-refractivity contribution >= 4 is 35.1 Å². The van der Waals surface area contributed by atoms with E-state index in [2.05, 4.69) is 5.32 Å². The van der Waals surface area contributed by atoms with Crippen LogP contribution in [0.25, 0.3) is 0 Å². The van der Waals surface area contributed by atoms with Crippen molar-refractivity contribution in [3.05, 3.63) is 53.6 Å². The van der Waals surface area contributed by atoms with Crippen LogP contribution in [-0.4, -0.2) is 36.2 Å². The second-order valence-corrected chi connectivity index (χ2v) is 6.15. The van der Waals surface area contributed by atoms with E-state index in [-0.39, 0.29) is 12.6 Å². The lowest BCUT2D eigenvalue weighted by Gasteiger charge is -2.16. The second kappa shape index (κ2) is 8.08. The van der Waals surface area contributed by atoms with Crippen LogP contribution in [0.3, 0.4) is 0 Å². The molecule has 0 atom stereocenters. The van der Waals surface area contributed by atoms with E-state index >= 15 is 0 Å². The number of carbonyl (C=O) groups is 1. The van der Waals surface area contributed by atoms with Crippen molar-refractivity contribution in [2.24, 2.45) is 0 Å². The summed E-state index contributed by atoms with van der Waals surface area (Å²) in [6.45, 7) is 0.240. The Bertz CT molecular complexity index is 634. The molecule has 0 aliphatic rings. The summed E-state index contributed by atoms with van der Waals surface area (Å²) in [6, 6.07) is 14.9. The molecule has 4 nitrogen and oxygen atoms in total. The number of halogens is 1. The summed E-state index contributed by atoms with van der Waals surface area (Å²) in [7, 11) is 1.63. The molecule has 0 spiro atoms. The van der Waals surface area contributed by atoms with Gasteiger partial charge in [-0.05, 0) is 36.4 Å². The van der Waals surface area contributed by atoms with Gasteiger partial charge in [0, 0.05) is 29.1 Å². The Labute approximate surface area is 139 Å². The van der Waals surface area contributed by atoms with Crippen LogP contribution in [-0.2, 0) is 0 Å². The minimum atomic E-state index is -0.249. The SMILES string of the molecule is CN(CCO)C(=O)Nc1ccc(Sc2ccccc2Cl)cc1. The van der Waals surface area contributed by atoms with Gasteiger partial charge >= 0.3 is 6.03 Å². The molecular weight excluding hydrogens is 320 g/mol. The quantitative estimate of drug-likeness (QED) is 0.869. The Kier molecular flexibility index (Phi) is 6.12. The number of aliphatic hydroxyl groups excluding tert-OH is 1. The molecule has 6 heteroatoms. The molecule has 0 saturated heterocycles. The number of likely N-dealkylation sites (N-methyl/N-ethyl adjacent to an activating group) is 1. The minimum absolute atomic E-state index is 0.0582. The molecule has 2 aromatic rings. The molecule has 0 unspecified atom stereocenters. The van der Waals surface area contributed by atoms with Crippen molar-refractivity contribution < 1.29 is 9.90 Å². The molecule has 2 amide bonds. The third-order valence-corrected chi connectivity index (χ3v) is 4.48. The maximum Gasteiger partial charge on any atom is 0.321 e. The third-order valence-electron chi connectivity index (χ3n) is 2.95. The van der Waals surface area contributed by atoms with E-state index in [0.717, 1.165) is 14.8 Å². The second-order valence-electron chi connectivity index (χ2n) is 4.63. The first-order valence-electron chi connectivity index (χ1n) is 6.75. The summed E-state index contributed by atoms with van der Waals surface area (Å²) in [6.07, 6.45) is 0. The van der Waals surface area contributed by atoms with E-state index in [0.29, 0.717) is 12.2 Å². The number of benzene rings is 2. The molecule has 0 bridgehead atoms. The lowest BCUT2D eigenvalue weighted by Crippen LogP contribution is -2.33. The highest BCUT2D eigenvalue weighted by molar-refractivity contribution is 7.99. The minimum Gasteiger partial charge on any atom is -0.395 e. The molecule has 2 rings (SSSR count). The number of anilines is 1. The lowest BCUT2D eigenvalue weighted by atomic mass is 10.3. The Morgan fingerprint density at radius 1 is 1.23 bits per heavy atom. The molecule has 0 heterocycles. The van der Waals surface area contributed by atoms with E-state index in [1.165, 1.54) is 4.90 Å². The van der Waals surface area contributed by atoms with Crippen LogP contribution >= 0.6 is 23.4 Å². The van der Waals surface area contributed by atoms with Crippen LogP contribution in [0.2, 0.25) is 5.02 Å². The zero-order valence-corrected chi connectivity index (χ0v) is 13.7. The maximum absolute atomic E-state index is 11.8. The van der Waals surface area contributed by atoms with Crippen LogP contribution in [0, 0.1) is 0 Å². The zero-order chi connectivity index (χ0) is 15.9. The van der Waals surface area contributed by atoms with E-state index in [1.54, 1.807) is 18.8 Å². The smallest absolute Gasteiger partial charge is 0.321 e. The van der Waals surface area contributed by atoms with Gasteiger partial charge in [0.15, 0.2) is 0 Å². The summed E-state index contributed by atoms with van der Waals surface area (Å²) in [5.41, 5.74) is 0.707. The number of urea groups is 1. The summed E-state index contributed by atoms with van der Waals surface area (Å²) >= 11 is 7.70. The van der Waals surface area contributed by atoms with E-state index in [4.69, 9.17) is 16.7 Å². The van der Waals surface area contributed by atoms with Gasteiger partial charge in [-0.1, -0.05) is 35.5 Å². The van der Waals surface area contributed by atoms with Crippen molar-refractivity contribution in [2.75, 3.05) is 25.5 Å². The molecule has 0 aliphatic carbocycles. The third kappa shape index (κ3) is 4.66. The summed E-state index contributed by atoms with van der Waals surface area (Å²) < 4.78 is 0. The number of rotatable bonds is 5. The van der Waals surface area contributed by atoms with Crippen molar-refractivity contribution in [3.8, 4) is 0 Å². The van der Waals surface area contributed by atoms with Crippen LogP contribution in [0.5, 0.6) is 0 Å². The Morgan fingerprint density at radius 2 is 1.91 bits per heavy atom. The van der Waals surface area contributed by atoms with Gasteiger partial charge in [0.2, 0.25) is 0 Å². The Balaban J connectivity index is 1.99. The molecule has 2 N–H and O–H groups in total. The monoisotopic (exact) mass is 336 g/mol. The van der Waals surface area contributed by atoms with Crippen LogP contribution in [0.15, 0.2) is 58.3 Å². The van der Waals surface area contributed by atoms with Gasteiger partial charge < -0.3 is 15.3 Å². The average molecular weight is 337 g/mol. The van der Waals surface area contributed by atoms with Crippen molar-refractivity contribution in [2.45, 2.75) is 9.79 Å². The van der Waals surface area contributed by atoms with Gasteiger partial charge in [-0.25, -0.2) is 4.79 Å². The van der Waals surface area contributed by atoms with Crippen molar-refractivity contribution in [3.63, 3.8) is 0 Å². The Hall–Kier alpha value is -1.69. The fourth-order valence-electron chi connectivity index (χ4n) is 1.73. The normalized spacial score (nSPS) is 10.3. The number of nitrogens with zero attached hydrogens (tertiary/aromatic N) is 1. The van der Waals surface area contributed by atoms with E-state index in [9.17, 15) is 4.79 Å². The number of carbonyl (C=O) groups excluding carboxylic acids is 1. The average Bonchev–Trinajstić information content (AvgIpc) is 2.51. The highest BCUT2D eigenvalue weighted by Gasteiger charge is 2.08. The fraction of sp³-hybridized carbons (Fsp3) is 0.188. The van der Waals surface area contributed by atoms with Gasteiger partial charge in [0.25, 0.3) is 0 Å². The number of amides is 2. The standard InChI is InChI=1S/C16H17ClN2O2S/c1-19(10-11-20)16(21)18-12-6-8-13(9-7-12)22-15-5-3-2-4-14(15)17/h2-9,20H,10-11H2,1H3,(H,18,21). The number of hydrogen-bond donors (Lipinski definition) is 2. The van der Waals surface area contributed by atoms with Crippen molar-refractivity contribution in [1.29, 1.82) is 0 Å².